The van der Waals surface area contributed by atoms with Gasteiger partial charge in [-0.1, -0.05) is 23.7 Å². The van der Waals surface area contributed by atoms with E-state index in [1.807, 2.05) is 19.2 Å². The number of rotatable bonds is 3. The van der Waals surface area contributed by atoms with Gasteiger partial charge in [-0.2, -0.15) is 0 Å². The Morgan fingerprint density at radius 3 is 3.00 bits per heavy atom. The van der Waals surface area contributed by atoms with Gasteiger partial charge in [0.25, 0.3) is 0 Å². The smallest absolute Gasteiger partial charge is 0.303 e. The quantitative estimate of drug-likeness (QED) is 0.881. The number of halogens is 1. The first-order chi connectivity index (χ1) is 7.59. The molecule has 1 heterocycles. The second kappa shape index (κ2) is 4.34. The van der Waals surface area contributed by atoms with E-state index in [2.05, 4.69) is 11.0 Å². The molecule has 0 saturated heterocycles. The van der Waals surface area contributed by atoms with Crippen LogP contribution < -0.4 is 4.90 Å². The summed E-state index contributed by atoms with van der Waals surface area (Å²) >= 11 is 6.13. The minimum absolute atomic E-state index is 0.209. The van der Waals surface area contributed by atoms with Crippen molar-refractivity contribution in [2.75, 3.05) is 11.9 Å². The summed E-state index contributed by atoms with van der Waals surface area (Å²) in [6.45, 7) is 0. The SMILES string of the molecule is CN1c2c(Cl)cccc2CC1CCC(=O)O. The Morgan fingerprint density at radius 2 is 2.38 bits per heavy atom. The van der Waals surface area contributed by atoms with Gasteiger partial charge in [0.05, 0.1) is 10.7 Å². The highest BCUT2D eigenvalue weighted by atomic mass is 35.5. The van der Waals surface area contributed by atoms with Gasteiger partial charge in [0.2, 0.25) is 0 Å². The molecule has 0 bridgehead atoms. The van der Waals surface area contributed by atoms with Crippen molar-refractivity contribution >= 4 is 23.3 Å². The Labute approximate surface area is 99.6 Å². The first-order valence-corrected chi connectivity index (χ1v) is 5.69. The number of benzene rings is 1. The highest BCUT2D eigenvalue weighted by Crippen LogP contribution is 2.38. The number of anilines is 1. The molecular formula is C12H14ClNO2. The van der Waals surface area contributed by atoms with Crippen LogP contribution in [0.5, 0.6) is 0 Å². The second-order valence-corrected chi connectivity index (χ2v) is 4.56. The third-order valence-electron chi connectivity index (χ3n) is 3.12. The molecule has 1 aromatic rings. The van der Waals surface area contributed by atoms with Crippen molar-refractivity contribution in [3.63, 3.8) is 0 Å². The van der Waals surface area contributed by atoms with Crippen molar-refractivity contribution < 1.29 is 9.90 Å². The highest BCUT2D eigenvalue weighted by molar-refractivity contribution is 6.33. The van der Waals surface area contributed by atoms with Crippen LogP contribution in [0.15, 0.2) is 18.2 Å². The molecule has 1 aromatic carbocycles. The summed E-state index contributed by atoms with van der Waals surface area (Å²) in [6, 6.07) is 6.12. The monoisotopic (exact) mass is 239 g/mol. The highest BCUT2D eigenvalue weighted by Gasteiger charge is 2.28. The third kappa shape index (κ3) is 2.00. The first-order valence-electron chi connectivity index (χ1n) is 5.31. The molecule has 4 heteroatoms. The molecule has 0 saturated carbocycles. The summed E-state index contributed by atoms with van der Waals surface area (Å²) < 4.78 is 0. The van der Waals surface area contributed by atoms with E-state index >= 15 is 0 Å². The van der Waals surface area contributed by atoms with E-state index in [0.29, 0.717) is 6.42 Å². The molecule has 0 aromatic heterocycles. The molecule has 3 nitrogen and oxygen atoms in total. The molecule has 86 valence electrons. The fourth-order valence-electron chi connectivity index (χ4n) is 2.28. The number of likely N-dealkylation sites (N-methyl/N-ethyl adjacent to an activating group) is 1. The zero-order chi connectivity index (χ0) is 11.7. The van der Waals surface area contributed by atoms with E-state index in [0.717, 1.165) is 17.1 Å². The van der Waals surface area contributed by atoms with Crippen LogP contribution in [0.4, 0.5) is 5.69 Å². The van der Waals surface area contributed by atoms with Crippen molar-refractivity contribution in [3.05, 3.63) is 28.8 Å². The van der Waals surface area contributed by atoms with Crippen molar-refractivity contribution in [1.29, 1.82) is 0 Å². The fraction of sp³-hybridized carbons (Fsp3) is 0.417. The van der Waals surface area contributed by atoms with E-state index in [9.17, 15) is 4.79 Å². The minimum atomic E-state index is -0.740. The van der Waals surface area contributed by atoms with E-state index in [1.54, 1.807) is 0 Å². The Kier molecular flexibility index (Phi) is 3.06. The number of carboxylic acid groups (broad SMARTS) is 1. The zero-order valence-electron chi connectivity index (χ0n) is 9.11. The summed E-state index contributed by atoms with van der Waals surface area (Å²) in [4.78, 5) is 12.7. The lowest BCUT2D eigenvalue weighted by molar-refractivity contribution is -0.137. The summed E-state index contributed by atoms with van der Waals surface area (Å²) in [7, 11) is 1.98. The molecule has 1 aliphatic rings. The van der Waals surface area contributed by atoms with E-state index < -0.39 is 5.97 Å². The average molecular weight is 240 g/mol. The van der Waals surface area contributed by atoms with Crippen LogP contribution >= 0.6 is 11.6 Å². The summed E-state index contributed by atoms with van der Waals surface area (Å²) in [6.07, 6.45) is 1.76. The molecule has 0 radical (unpaired) electrons. The van der Waals surface area contributed by atoms with Crippen LogP contribution in [0.3, 0.4) is 0 Å². The lowest BCUT2D eigenvalue weighted by Crippen LogP contribution is -2.28. The van der Waals surface area contributed by atoms with Gasteiger partial charge >= 0.3 is 5.97 Å². The van der Waals surface area contributed by atoms with Gasteiger partial charge in [-0.25, -0.2) is 0 Å². The Bertz CT molecular complexity index is 419. The van der Waals surface area contributed by atoms with Crippen LogP contribution in [-0.2, 0) is 11.2 Å². The molecule has 0 amide bonds. The largest absolute Gasteiger partial charge is 0.481 e. The second-order valence-electron chi connectivity index (χ2n) is 4.15. The molecule has 1 aliphatic heterocycles. The molecule has 0 aliphatic carbocycles. The molecular weight excluding hydrogens is 226 g/mol. The van der Waals surface area contributed by atoms with Gasteiger partial charge in [-0.05, 0) is 24.5 Å². The number of hydrogen-bond donors (Lipinski definition) is 1. The molecule has 1 N–H and O–H groups in total. The maximum absolute atomic E-state index is 10.6. The topological polar surface area (TPSA) is 40.5 Å². The normalized spacial score (nSPS) is 18.6. The van der Waals surface area contributed by atoms with Crippen molar-refractivity contribution in [1.82, 2.24) is 0 Å². The molecule has 1 atom stereocenters. The Morgan fingerprint density at radius 1 is 1.62 bits per heavy atom. The van der Waals surface area contributed by atoms with Crippen molar-refractivity contribution in [2.45, 2.75) is 25.3 Å². The molecule has 0 fully saturated rings. The molecule has 2 rings (SSSR count). The van der Waals surface area contributed by atoms with Gasteiger partial charge in [0.1, 0.15) is 0 Å². The van der Waals surface area contributed by atoms with Crippen molar-refractivity contribution in [3.8, 4) is 0 Å². The van der Waals surface area contributed by atoms with Gasteiger partial charge in [0, 0.05) is 19.5 Å². The predicted molar refractivity (Wildman–Crippen MR) is 64.2 cm³/mol. The standard InChI is InChI=1S/C12H14ClNO2/c1-14-9(5-6-11(15)16)7-8-3-2-4-10(13)12(8)14/h2-4,9H,5-7H2,1H3,(H,15,16). The molecule has 0 spiro atoms. The fourth-order valence-corrected chi connectivity index (χ4v) is 2.61. The zero-order valence-corrected chi connectivity index (χ0v) is 9.87. The van der Waals surface area contributed by atoms with Gasteiger partial charge < -0.3 is 10.0 Å². The Hall–Kier alpha value is -1.22. The maximum Gasteiger partial charge on any atom is 0.303 e. The van der Waals surface area contributed by atoms with Crippen LogP contribution in [0.25, 0.3) is 0 Å². The summed E-state index contributed by atoms with van der Waals surface area (Å²) in [5.41, 5.74) is 2.27. The van der Waals surface area contributed by atoms with Crippen LogP contribution in [-0.4, -0.2) is 24.2 Å². The van der Waals surface area contributed by atoms with Crippen molar-refractivity contribution in [2.24, 2.45) is 0 Å². The number of fused-ring (bicyclic) bond motifs is 1. The molecule has 1 unspecified atom stereocenters. The van der Waals surface area contributed by atoms with Gasteiger partial charge in [0.15, 0.2) is 0 Å². The lowest BCUT2D eigenvalue weighted by atomic mass is 10.1. The van der Waals surface area contributed by atoms with E-state index in [4.69, 9.17) is 16.7 Å². The average Bonchev–Trinajstić information content (AvgIpc) is 2.54. The van der Waals surface area contributed by atoms with Crippen LogP contribution in [0, 0.1) is 0 Å². The van der Waals surface area contributed by atoms with E-state index in [1.165, 1.54) is 5.56 Å². The number of carbonyl (C=O) groups is 1. The minimum Gasteiger partial charge on any atom is -0.481 e. The van der Waals surface area contributed by atoms with E-state index in [-0.39, 0.29) is 12.5 Å². The summed E-state index contributed by atoms with van der Waals surface area (Å²) in [5, 5.41) is 9.44. The van der Waals surface area contributed by atoms with Gasteiger partial charge in [-0.15, -0.1) is 0 Å². The molecule has 16 heavy (non-hydrogen) atoms. The number of aliphatic carboxylic acids is 1. The number of nitrogens with zero attached hydrogens (tertiary/aromatic N) is 1. The maximum atomic E-state index is 10.6. The number of hydrogen-bond acceptors (Lipinski definition) is 2. The first kappa shape index (κ1) is 11.3. The Balaban J connectivity index is 2.15. The van der Waals surface area contributed by atoms with Gasteiger partial charge in [-0.3, -0.25) is 4.79 Å². The predicted octanol–water partition coefficient (Wildman–Crippen LogP) is 2.57. The van der Waals surface area contributed by atoms with Crippen LogP contribution in [0.2, 0.25) is 5.02 Å². The summed E-state index contributed by atoms with van der Waals surface area (Å²) in [5.74, 6) is -0.740. The third-order valence-corrected chi connectivity index (χ3v) is 3.42. The van der Waals surface area contributed by atoms with Crippen LogP contribution in [0.1, 0.15) is 18.4 Å². The lowest BCUT2D eigenvalue weighted by Gasteiger charge is -2.22. The number of para-hydroxylation sites is 1. The number of carboxylic acids is 1.